The monoisotopic (exact) mass is 360 g/mol. The normalized spacial score (nSPS) is 11.7. The van der Waals surface area contributed by atoms with Crippen LogP contribution in [-0.4, -0.2) is 19.2 Å². The maximum Gasteiger partial charge on any atom is 0.157 e. The van der Waals surface area contributed by atoms with Gasteiger partial charge in [-0.15, -0.1) is 0 Å². The Hall–Kier alpha value is -2.62. The summed E-state index contributed by atoms with van der Waals surface area (Å²) in [5, 5.41) is 6.10. The third kappa shape index (κ3) is 2.93. The van der Waals surface area contributed by atoms with Gasteiger partial charge in [0, 0.05) is 12.4 Å². The lowest BCUT2D eigenvalue weighted by molar-refractivity contribution is 0.714. The number of hydrogen-bond donors (Lipinski definition) is 0. The molecule has 4 rings (SSSR count). The third-order valence-electron chi connectivity index (χ3n) is 5.51. The maximum absolute atomic E-state index is 4.93. The zero-order chi connectivity index (χ0) is 19.1. The molecule has 0 fully saturated rings. The minimum atomic E-state index is 1.01. The van der Waals surface area contributed by atoms with Gasteiger partial charge in [0.2, 0.25) is 0 Å². The van der Waals surface area contributed by atoms with Crippen LogP contribution in [0.5, 0.6) is 0 Å². The van der Waals surface area contributed by atoms with Crippen LogP contribution in [0, 0.1) is 20.8 Å². The van der Waals surface area contributed by atoms with Gasteiger partial charge in [-0.05, 0) is 56.9 Å². The molecule has 0 N–H and O–H groups in total. The molecule has 4 nitrogen and oxygen atoms in total. The van der Waals surface area contributed by atoms with Crippen LogP contribution in [0.2, 0.25) is 0 Å². The van der Waals surface area contributed by atoms with Crippen molar-refractivity contribution in [3.8, 4) is 11.4 Å². The summed E-state index contributed by atoms with van der Waals surface area (Å²) in [5.74, 6) is 0. The fourth-order valence-electron chi connectivity index (χ4n) is 4.22. The minimum Gasteiger partial charge on any atom is -0.342 e. The van der Waals surface area contributed by atoms with E-state index in [1.807, 2.05) is 0 Å². The summed E-state index contributed by atoms with van der Waals surface area (Å²) in [6.07, 6.45) is 4.74. The SMILES string of the molecule is CCCCCc1cc(C)nn2c(-c3cc4cccc(C)c4n3C)c(C)nc12. The van der Waals surface area contributed by atoms with Crippen LogP contribution in [0.3, 0.4) is 0 Å². The van der Waals surface area contributed by atoms with E-state index in [0.717, 1.165) is 29.1 Å². The largest absolute Gasteiger partial charge is 0.342 e. The highest BCUT2D eigenvalue weighted by atomic mass is 15.3. The summed E-state index contributed by atoms with van der Waals surface area (Å²) in [4.78, 5) is 4.93. The van der Waals surface area contributed by atoms with E-state index in [-0.39, 0.29) is 0 Å². The number of aromatic nitrogens is 4. The molecule has 0 saturated heterocycles. The van der Waals surface area contributed by atoms with Crippen molar-refractivity contribution in [2.45, 2.75) is 53.4 Å². The van der Waals surface area contributed by atoms with Crippen molar-refractivity contribution >= 4 is 16.6 Å². The molecule has 3 heterocycles. The molecule has 4 heteroatoms. The Labute approximate surface area is 160 Å². The van der Waals surface area contributed by atoms with Gasteiger partial charge in [0.15, 0.2) is 5.65 Å². The molecule has 4 aromatic rings. The van der Waals surface area contributed by atoms with Crippen molar-refractivity contribution in [1.82, 2.24) is 19.2 Å². The molecule has 27 heavy (non-hydrogen) atoms. The van der Waals surface area contributed by atoms with Gasteiger partial charge in [-0.1, -0.05) is 38.0 Å². The Balaban J connectivity index is 1.94. The number of fused-ring (bicyclic) bond motifs is 2. The number of benzene rings is 1. The van der Waals surface area contributed by atoms with Crippen molar-refractivity contribution in [2.75, 3.05) is 0 Å². The number of imidazole rings is 1. The highest BCUT2D eigenvalue weighted by Crippen LogP contribution is 2.32. The minimum absolute atomic E-state index is 1.01. The maximum atomic E-state index is 4.93. The zero-order valence-electron chi connectivity index (χ0n) is 17.0. The Kier molecular flexibility index (Phi) is 4.50. The van der Waals surface area contributed by atoms with E-state index in [2.05, 4.69) is 74.2 Å². The zero-order valence-corrected chi connectivity index (χ0v) is 17.0. The van der Waals surface area contributed by atoms with Gasteiger partial charge in [-0.25, -0.2) is 9.50 Å². The van der Waals surface area contributed by atoms with E-state index in [0.29, 0.717) is 0 Å². The Bertz CT molecular complexity index is 1130. The quantitative estimate of drug-likeness (QED) is 0.438. The fourth-order valence-corrected chi connectivity index (χ4v) is 4.22. The van der Waals surface area contributed by atoms with E-state index in [1.54, 1.807) is 0 Å². The van der Waals surface area contributed by atoms with Gasteiger partial charge in [0.25, 0.3) is 0 Å². The second kappa shape index (κ2) is 6.84. The van der Waals surface area contributed by atoms with Gasteiger partial charge in [-0.2, -0.15) is 5.10 Å². The molecule has 0 unspecified atom stereocenters. The molecule has 0 radical (unpaired) electrons. The summed E-state index contributed by atoms with van der Waals surface area (Å²) < 4.78 is 4.34. The summed E-state index contributed by atoms with van der Waals surface area (Å²) >= 11 is 0. The molecule has 1 aromatic carbocycles. The van der Waals surface area contributed by atoms with Crippen molar-refractivity contribution < 1.29 is 0 Å². The van der Waals surface area contributed by atoms with E-state index in [9.17, 15) is 0 Å². The van der Waals surface area contributed by atoms with E-state index in [1.165, 1.54) is 47.0 Å². The molecule has 0 aliphatic rings. The van der Waals surface area contributed by atoms with Gasteiger partial charge in [0.1, 0.15) is 5.69 Å². The van der Waals surface area contributed by atoms with Crippen LogP contribution in [0.15, 0.2) is 30.3 Å². The van der Waals surface area contributed by atoms with E-state index >= 15 is 0 Å². The smallest absolute Gasteiger partial charge is 0.157 e. The average Bonchev–Trinajstić information content (AvgIpc) is 3.12. The Morgan fingerprint density at radius 2 is 1.85 bits per heavy atom. The first kappa shape index (κ1) is 17.8. The number of aryl methyl sites for hydroxylation is 5. The number of unbranched alkanes of at least 4 members (excludes halogenated alkanes) is 2. The van der Waals surface area contributed by atoms with Crippen LogP contribution in [-0.2, 0) is 13.5 Å². The third-order valence-corrected chi connectivity index (χ3v) is 5.51. The second-order valence-corrected chi connectivity index (χ2v) is 7.65. The van der Waals surface area contributed by atoms with Crippen molar-refractivity contribution in [3.63, 3.8) is 0 Å². The first-order valence-electron chi connectivity index (χ1n) is 9.92. The number of hydrogen-bond acceptors (Lipinski definition) is 2. The first-order chi connectivity index (χ1) is 13.0. The standard InChI is InChI=1S/C23H28N4/c1-6-7-8-11-19-13-16(3)25-27-22(17(4)24-23(19)27)20-14-18-12-9-10-15(2)21(18)26(20)5/h9-10,12-14H,6-8,11H2,1-5H3. The molecule has 0 bridgehead atoms. The molecule has 140 valence electrons. The Morgan fingerprint density at radius 3 is 2.59 bits per heavy atom. The van der Waals surface area contributed by atoms with Crippen LogP contribution in [0.4, 0.5) is 0 Å². The molecule has 0 amide bonds. The van der Waals surface area contributed by atoms with Crippen molar-refractivity contribution in [2.24, 2.45) is 7.05 Å². The molecule has 0 aliphatic heterocycles. The molecular weight excluding hydrogens is 332 g/mol. The van der Waals surface area contributed by atoms with Gasteiger partial charge < -0.3 is 4.57 Å². The average molecular weight is 361 g/mol. The molecular formula is C23H28N4. The van der Waals surface area contributed by atoms with Gasteiger partial charge in [0.05, 0.1) is 22.6 Å². The second-order valence-electron chi connectivity index (χ2n) is 7.65. The lowest BCUT2D eigenvalue weighted by Gasteiger charge is -2.09. The summed E-state index contributed by atoms with van der Waals surface area (Å²) in [5.41, 5.74) is 9.22. The molecule has 0 spiro atoms. The lowest BCUT2D eigenvalue weighted by atomic mass is 10.1. The highest BCUT2D eigenvalue weighted by molar-refractivity contribution is 5.89. The van der Waals surface area contributed by atoms with Crippen LogP contribution in [0.25, 0.3) is 27.9 Å². The fraction of sp³-hybridized carbons (Fsp3) is 0.391. The predicted octanol–water partition coefficient (Wildman–Crippen LogP) is 5.55. The summed E-state index contributed by atoms with van der Waals surface area (Å²) in [6.45, 7) is 8.59. The molecule has 3 aromatic heterocycles. The number of nitrogens with zero attached hydrogens (tertiary/aromatic N) is 4. The van der Waals surface area contributed by atoms with Crippen molar-refractivity contribution in [1.29, 1.82) is 0 Å². The van der Waals surface area contributed by atoms with Crippen LogP contribution in [0.1, 0.15) is 48.7 Å². The van der Waals surface area contributed by atoms with E-state index < -0.39 is 0 Å². The molecule has 0 saturated carbocycles. The summed E-state index contributed by atoms with van der Waals surface area (Å²) in [7, 11) is 2.14. The highest BCUT2D eigenvalue weighted by Gasteiger charge is 2.19. The molecule has 0 aliphatic carbocycles. The predicted molar refractivity (Wildman–Crippen MR) is 112 cm³/mol. The first-order valence-corrected chi connectivity index (χ1v) is 9.92. The number of para-hydroxylation sites is 1. The number of rotatable bonds is 5. The van der Waals surface area contributed by atoms with Crippen LogP contribution >= 0.6 is 0 Å². The lowest BCUT2D eigenvalue weighted by Crippen LogP contribution is -2.03. The van der Waals surface area contributed by atoms with Crippen molar-refractivity contribution in [3.05, 3.63) is 52.8 Å². The molecule has 0 atom stereocenters. The van der Waals surface area contributed by atoms with E-state index in [4.69, 9.17) is 10.1 Å². The van der Waals surface area contributed by atoms with Crippen LogP contribution < -0.4 is 0 Å². The van der Waals surface area contributed by atoms with Gasteiger partial charge in [-0.3, -0.25) is 0 Å². The topological polar surface area (TPSA) is 35.1 Å². The summed E-state index contributed by atoms with van der Waals surface area (Å²) in [6, 6.07) is 10.9. The van der Waals surface area contributed by atoms with Gasteiger partial charge >= 0.3 is 0 Å². The Morgan fingerprint density at radius 1 is 1.04 bits per heavy atom.